The van der Waals surface area contributed by atoms with Gasteiger partial charge in [0.15, 0.2) is 0 Å². The number of hydrogen-bond acceptors (Lipinski definition) is 4. The van der Waals surface area contributed by atoms with Gasteiger partial charge in [-0.1, -0.05) is 12.1 Å². The topological polar surface area (TPSA) is 90.9 Å². The number of aliphatic hydroxyl groups is 1. The zero-order valence-electron chi connectivity index (χ0n) is 9.92. The van der Waals surface area contributed by atoms with E-state index in [0.29, 0.717) is 11.4 Å². The summed E-state index contributed by atoms with van der Waals surface area (Å²) >= 11 is 0. The molecule has 0 fully saturated rings. The molecule has 0 saturated heterocycles. The van der Waals surface area contributed by atoms with E-state index in [1.807, 2.05) is 6.92 Å². The van der Waals surface area contributed by atoms with Crippen LogP contribution in [0.5, 0.6) is 0 Å². The largest absolute Gasteiger partial charge is 0.392 e. The third-order valence-electron chi connectivity index (χ3n) is 2.59. The lowest BCUT2D eigenvalue weighted by Gasteiger charge is -2.11. The van der Waals surface area contributed by atoms with Crippen molar-refractivity contribution in [2.45, 2.75) is 19.6 Å². The molecular weight excluding hydrogens is 232 g/mol. The van der Waals surface area contributed by atoms with Crippen LogP contribution in [0.1, 0.15) is 34.7 Å². The zero-order valence-corrected chi connectivity index (χ0v) is 9.92. The van der Waals surface area contributed by atoms with Crippen LogP contribution in [0.15, 0.2) is 30.6 Å². The minimum absolute atomic E-state index is 0.0314. The van der Waals surface area contributed by atoms with Crippen LogP contribution in [-0.2, 0) is 6.61 Å². The van der Waals surface area contributed by atoms with Gasteiger partial charge in [0.1, 0.15) is 12.2 Å². The molecule has 2 aromatic rings. The normalized spacial score (nSPS) is 12.1. The summed E-state index contributed by atoms with van der Waals surface area (Å²) in [6, 6.07) is 6.54. The molecule has 0 spiro atoms. The van der Waals surface area contributed by atoms with E-state index in [4.69, 9.17) is 5.11 Å². The van der Waals surface area contributed by atoms with Gasteiger partial charge in [-0.3, -0.25) is 9.89 Å². The molecule has 94 valence electrons. The van der Waals surface area contributed by atoms with Crippen molar-refractivity contribution in [3.63, 3.8) is 0 Å². The number of benzene rings is 1. The summed E-state index contributed by atoms with van der Waals surface area (Å²) in [6.45, 7) is 1.79. The van der Waals surface area contributed by atoms with E-state index >= 15 is 0 Å². The van der Waals surface area contributed by atoms with Gasteiger partial charge in [-0.05, 0) is 24.6 Å². The summed E-state index contributed by atoms with van der Waals surface area (Å²) in [5.41, 5.74) is 1.31. The van der Waals surface area contributed by atoms with E-state index in [1.54, 1.807) is 24.3 Å². The Morgan fingerprint density at radius 3 is 2.72 bits per heavy atom. The van der Waals surface area contributed by atoms with Crippen LogP contribution in [0.3, 0.4) is 0 Å². The molecule has 6 heteroatoms. The summed E-state index contributed by atoms with van der Waals surface area (Å²) in [5.74, 6) is 0.415. The highest BCUT2D eigenvalue weighted by atomic mass is 16.3. The first kappa shape index (κ1) is 12.3. The fourth-order valence-corrected chi connectivity index (χ4v) is 1.53. The maximum absolute atomic E-state index is 11.9. The minimum Gasteiger partial charge on any atom is -0.392 e. The summed E-state index contributed by atoms with van der Waals surface area (Å²) in [6.07, 6.45) is 1.40. The predicted octanol–water partition coefficient (Wildman–Crippen LogP) is 0.788. The molecule has 1 atom stereocenters. The van der Waals surface area contributed by atoms with Gasteiger partial charge in [-0.25, -0.2) is 4.98 Å². The number of amides is 1. The predicted molar refractivity (Wildman–Crippen MR) is 64.6 cm³/mol. The van der Waals surface area contributed by atoms with Crippen molar-refractivity contribution in [2.24, 2.45) is 0 Å². The van der Waals surface area contributed by atoms with Crippen LogP contribution in [0, 0.1) is 0 Å². The number of carbonyl (C=O) groups is 1. The molecule has 0 bridgehead atoms. The van der Waals surface area contributed by atoms with E-state index in [-0.39, 0.29) is 18.6 Å². The molecule has 1 heterocycles. The van der Waals surface area contributed by atoms with E-state index in [1.165, 1.54) is 6.33 Å². The Morgan fingerprint density at radius 2 is 2.17 bits per heavy atom. The molecule has 0 aliphatic carbocycles. The summed E-state index contributed by atoms with van der Waals surface area (Å²) < 4.78 is 0. The number of nitrogens with one attached hydrogen (secondary N) is 2. The second-order valence-corrected chi connectivity index (χ2v) is 3.92. The SMILES string of the molecule is CC(NC(=O)c1ccc(CO)cc1)c1ncn[nH]1. The second kappa shape index (κ2) is 5.42. The number of carbonyl (C=O) groups excluding carboxylic acids is 1. The maximum Gasteiger partial charge on any atom is 0.251 e. The number of aliphatic hydroxyl groups excluding tert-OH is 1. The molecule has 6 nitrogen and oxygen atoms in total. The molecule has 2 rings (SSSR count). The van der Waals surface area contributed by atoms with E-state index in [0.717, 1.165) is 5.56 Å². The van der Waals surface area contributed by atoms with E-state index in [9.17, 15) is 4.79 Å². The van der Waals surface area contributed by atoms with Crippen molar-refractivity contribution in [1.82, 2.24) is 20.5 Å². The number of hydrogen-bond donors (Lipinski definition) is 3. The van der Waals surface area contributed by atoms with Gasteiger partial charge >= 0.3 is 0 Å². The summed E-state index contributed by atoms with van der Waals surface area (Å²) in [7, 11) is 0. The lowest BCUT2D eigenvalue weighted by atomic mass is 10.1. The molecule has 0 aliphatic rings. The Kier molecular flexibility index (Phi) is 3.69. The van der Waals surface area contributed by atoms with Gasteiger partial charge < -0.3 is 10.4 Å². The first-order valence-corrected chi connectivity index (χ1v) is 5.56. The summed E-state index contributed by atoms with van der Waals surface area (Å²) in [4.78, 5) is 15.9. The number of nitrogens with zero attached hydrogens (tertiary/aromatic N) is 2. The van der Waals surface area contributed by atoms with Crippen molar-refractivity contribution in [1.29, 1.82) is 0 Å². The monoisotopic (exact) mass is 246 g/mol. The van der Waals surface area contributed by atoms with Crippen LogP contribution in [0.2, 0.25) is 0 Å². The number of aromatic amines is 1. The Bertz CT molecular complexity index is 507. The van der Waals surface area contributed by atoms with Crippen LogP contribution in [-0.4, -0.2) is 26.2 Å². The van der Waals surface area contributed by atoms with Crippen LogP contribution in [0.4, 0.5) is 0 Å². The molecule has 0 aliphatic heterocycles. The minimum atomic E-state index is -0.238. The van der Waals surface area contributed by atoms with Gasteiger partial charge in [0, 0.05) is 5.56 Å². The molecule has 1 aromatic heterocycles. The van der Waals surface area contributed by atoms with Crippen LogP contribution in [0.25, 0.3) is 0 Å². The first-order chi connectivity index (χ1) is 8.70. The quantitative estimate of drug-likeness (QED) is 0.743. The maximum atomic E-state index is 11.9. The molecule has 3 N–H and O–H groups in total. The number of aromatic nitrogens is 3. The zero-order chi connectivity index (χ0) is 13.0. The summed E-state index contributed by atoms with van der Waals surface area (Å²) in [5, 5.41) is 18.2. The van der Waals surface area contributed by atoms with Crippen molar-refractivity contribution in [3.8, 4) is 0 Å². The van der Waals surface area contributed by atoms with Gasteiger partial charge in [0.2, 0.25) is 0 Å². The number of rotatable bonds is 4. The molecule has 18 heavy (non-hydrogen) atoms. The molecular formula is C12H14N4O2. The van der Waals surface area contributed by atoms with E-state index in [2.05, 4.69) is 20.5 Å². The average Bonchev–Trinajstić information content (AvgIpc) is 2.92. The van der Waals surface area contributed by atoms with Crippen molar-refractivity contribution >= 4 is 5.91 Å². The Morgan fingerprint density at radius 1 is 1.44 bits per heavy atom. The third kappa shape index (κ3) is 2.72. The third-order valence-corrected chi connectivity index (χ3v) is 2.59. The van der Waals surface area contributed by atoms with Crippen molar-refractivity contribution in [2.75, 3.05) is 0 Å². The van der Waals surface area contributed by atoms with Crippen molar-refractivity contribution < 1.29 is 9.90 Å². The van der Waals surface area contributed by atoms with Crippen LogP contribution >= 0.6 is 0 Å². The van der Waals surface area contributed by atoms with Gasteiger partial charge in [0.25, 0.3) is 5.91 Å². The molecule has 1 amide bonds. The highest BCUT2D eigenvalue weighted by molar-refractivity contribution is 5.94. The van der Waals surface area contributed by atoms with Gasteiger partial charge in [0.05, 0.1) is 12.6 Å². The second-order valence-electron chi connectivity index (χ2n) is 3.92. The molecule has 0 radical (unpaired) electrons. The molecule has 1 aromatic carbocycles. The van der Waals surface area contributed by atoms with Gasteiger partial charge in [-0.15, -0.1) is 0 Å². The highest BCUT2D eigenvalue weighted by Gasteiger charge is 2.13. The lowest BCUT2D eigenvalue weighted by molar-refractivity contribution is 0.0938. The van der Waals surface area contributed by atoms with E-state index < -0.39 is 0 Å². The first-order valence-electron chi connectivity index (χ1n) is 5.56. The molecule has 0 saturated carbocycles. The smallest absolute Gasteiger partial charge is 0.251 e. The standard InChI is InChI=1S/C12H14N4O2/c1-8(11-13-7-14-16-11)15-12(18)10-4-2-9(6-17)3-5-10/h2-5,7-8,17H,6H2,1H3,(H,15,18)(H,13,14,16). The van der Waals surface area contributed by atoms with Crippen LogP contribution < -0.4 is 5.32 Å². The Balaban J connectivity index is 2.03. The highest BCUT2D eigenvalue weighted by Crippen LogP contribution is 2.08. The lowest BCUT2D eigenvalue weighted by Crippen LogP contribution is -2.27. The Hall–Kier alpha value is -2.21. The fourth-order valence-electron chi connectivity index (χ4n) is 1.53. The Labute approximate surface area is 104 Å². The number of H-pyrrole nitrogens is 1. The average molecular weight is 246 g/mol. The fraction of sp³-hybridized carbons (Fsp3) is 0.250. The molecule has 1 unspecified atom stereocenters. The van der Waals surface area contributed by atoms with Crippen molar-refractivity contribution in [3.05, 3.63) is 47.5 Å². The van der Waals surface area contributed by atoms with Gasteiger partial charge in [-0.2, -0.15) is 5.10 Å².